The summed E-state index contributed by atoms with van der Waals surface area (Å²) in [7, 11) is 0. The number of nitrogens with zero attached hydrogens (tertiary/aromatic N) is 2. The molecule has 0 spiro atoms. The molecule has 0 unspecified atom stereocenters. The Balaban J connectivity index is 1.83. The minimum atomic E-state index is -0.281. The molecule has 1 N–H and O–H groups in total. The van der Waals surface area contributed by atoms with Gasteiger partial charge in [-0.25, -0.2) is 4.79 Å². The van der Waals surface area contributed by atoms with Crippen LogP contribution in [0.4, 0.5) is 4.79 Å². The van der Waals surface area contributed by atoms with Crippen molar-refractivity contribution in [2.24, 2.45) is 0 Å². The first-order valence-electron chi connectivity index (χ1n) is 4.49. The fraction of sp³-hybridized carbons (Fsp3) is 0.875. The van der Waals surface area contributed by atoms with Gasteiger partial charge < -0.3 is 14.9 Å². The van der Waals surface area contributed by atoms with E-state index in [2.05, 4.69) is 0 Å². The third-order valence-corrected chi connectivity index (χ3v) is 2.51. The van der Waals surface area contributed by atoms with E-state index in [1.54, 1.807) is 4.90 Å². The molecule has 0 bridgehead atoms. The Kier molecular flexibility index (Phi) is 1.92. The maximum atomic E-state index is 11.5. The fourth-order valence-electron chi connectivity index (χ4n) is 1.72. The number of urea groups is 1. The molecule has 2 saturated heterocycles. The smallest absolute Gasteiger partial charge is 0.320 e. The number of rotatable bonds is 0. The Morgan fingerprint density at radius 2 is 1.75 bits per heavy atom. The molecule has 0 aromatic rings. The van der Waals surface area contributed by atoms with Gasteiger partial charge in [0, 0.05) is 13.1 Å². The fourth-order valence-corrected chi connectivity index (χ4v) is 1.72. The van der Waals surface area contributed by atoms with Gasteiger partial charge in [0.05, 0.1) is 19.2 Å². The van der Waals surface area contributed by atoms with E-state index in [0.29, 0.717) is 13.1 Å². The quantitative estimate of drug-likeness (QED) is 0.550. The van der Waals surface area contributed by atoms with Gasteiger partial charge in [0.2, 0.25) is 0 Å². The first kappa shape index (κ1) is 7.86. The van der Waals surface area contributed by atoms with E-state index < -0.39 is 0 Å². The van der Waals surface area contributed by atoms with Crippen LogP contribution in [0.2, 0.25) is 0 Å². The monoisotopic (exact) mass is 170 g/mol. The number of hydrogen-bond donors (Lipinski definition) is 1. The van der Waals surface area contributed by atoms with Crippen LogP contribution in [0.3, 0.4) is 0 Å². The van der Waals surface area contributed by atoms with Crippen molar-refractivity contribution in [2.45, 2.75) is 18.9 Å². The summed E-state index contributed by atoms with van der Waals surface area (Å²) >= 11 is 0. The number of likely N-dealkylation sites (tertiary alicyclic amines) is 2. The molecule has 0 atom stereocenters. The van der Waals surface area contributed by atoms with Crippen molar-refractivity contribution in [1.29, 1.82) is 0 Å². The van der Waals surface area contributed by atoms with Crippen molar-refractivity contribution in [1.82, 2.24) is 9.80 Å². The average molecular weight is 170 g/mol. The summed E-state index contributed by atoms with van der Waals surface area (Å²) in [6.07, 6.45) is 1.97. The Morgan fingerprint density at radius 3 is 2.25 bits per heavy atom. The van der Waals surface area contributed by atoms with Crippen LogP contribution in [0.5, 0.6) is 0 Å². The zero-order valence-corrected chi connectivity index (χ0v) is 7.07. The van der Waals surface area contributed by atoms with Crippen LogP contribution in [-0.2, 0) is 0 Å². The number of amides is 2. The lowest BCUT2D eigenvalue weighted by atomic mass is 10.2. The maximum Gasteiger partial charge on any atom is 0.320 e. The Labute approximate surface area is 71.8 Å². The summed E-state index contributed by atoms with van der Waals surface area (Å²) in [6.45, 7) is 2.83. The predicted octanol–water partition coefficient (Wildman–Crippen LogP) is -0.121. The minimum Gasteiger partial charge on any atom is -0.389 e. The summed E-state index contributed by atoms with van der Waals surface area (Å²) in [5, 5.41) is 9.00. The van der Waals surface area contributed by atoms with Gasteiger partial charge in [0.25, 0.3) is 0 Å². The van der Waals surface area contributed by atoms with Crippen LogP contribution >= 0.6 is 0 Å². The highest BCUT2D eigenvalue weighted by Crippen LogP contribution is 2.15. The Hall–Kier alpha value is -0.770. The van der Waals surface area contributed by atoms with Gasteiger partial charge in [-0.05, 0) is 12.8 Å². The molecule has 12 heavy (non-hydrogen) atoms. The lowest BCUT2D eigenvalue weighted by Crippen LogP contribution is -2.57. The van der Waals surface area contributed by atoms with Gasteiger partial charge in [0.1, 0.15) is 0 Å². The third-order valence-electron chi connectivity index (χ3n) is 2.51. The Morgan fingerprint density at radius 1 is 1.17 bits per heavy atom. The van der Waals surface area contributed by atoms with E-state index in [1.807, 2.05) is 4.90 Å². The van der Waals surface area contributed by atoms with E-state index in [1.165, 1.54) is 0 Å². The number of aliphatic hydroxyl groups is 1. The number of carbonyl (C=O) groups is 1. The van der Waals surface area contributed by atoms with Crippen molar-refractivity contribution in [3.63, 3.8) is 0 Å². The number of β-amino-alcohol motifs (C(OH)–C–C–N with tert-alkyl or cyclic N) is 1. The molecule has 2 aliphatic heterocycles. The van der Waals surface area contributed by atoms with Crippen LogP contribution in [0.15, 0.2) is 0 Å². The van der Waals surface area contributed by atoms with Crippen molar-refractivity contribution >= 4 is 6.03 Å². The molecule has 2 amide bonds. The normalized spacial score (nSPS) is 24.4. The van der Waals surface area contributed by atoms with E-state index in [0.717, 1.165) is 25.9 Å². The zero-order valence-electron chi connectivity index (χ0n) is 7.07. The van der Waals surface area contributed by atoms with Gasteiger partial charge in [-0.2, -0.15) is 0 Å². The molecular weight excluding hydrogens is 156 g/mol. The molecule has 4 heteroatoms. The Bertz CT molecular complexity index is 183. The highest BCUT2D eigenvalue weighted by Gasteiger charge is 2.32. The van der Waals surface area contributed by atoms with Crippen molar-refractivity contribution in [2.75, 3.05) is 26.2 Å². The van der Waals surface area contributed by atoms with E-state index in [-0.39, 0.29) is 12.1 Å². The van der Waals surface area contributed by atoms with Crippen LogP contribution in [0, 0.1) is 0 Å². The van der Waals surface area contributed by atoms with Gasteiger partial charge >= 0.3 is 6.03 Å². The molecule has 2 fully saturated rings. The van der Waals surface area contributed by atoms with E-state index in [9.17, 15) is 4.79 Å². The largest absolute Gasteiger partial charge is 0.389 e. The molecule has 4 nitrogen and oxygen atoms in total. The number of hydrogen-bond acceptors (Lipinski definition) is 2. The first-order valence-corrected chi connectivity index (χ1v) is 4.49. The van der Waals surface area contributed by atoms with Crippen molar-refractivity contribution in [3.8, 4) is 0 Å². The minimum absolute atomic E-state index is 0.109. The van der Waals surface area contributed by atoms with E-state index in [4.69, 9.17) is 5.11 Å². The molecule has 0 aliphatic carbocycles. The average Bonchev–Trinajstić information content (AvgIpc) is 2.49. The topological polar surface area (TPSA) is 43.8 Å². The van der Waals surface area contributed by atoms with Gasteiger partial charge in [-0.3, -0.25) is 0 Å². The highest BCUT2D eigenvalue weighted by atomic mass is 16.3. The standard InChI is InChI=1S/C8H14N2O2/c11-7-5-10(6-7)8(12)9-3-1-2-4-9/h7,11H,1-6H2. The molecule has 2 rings (SSSR count). The lowest BCUT2D eigenvalue weighted by molar-refractivity contribution is 0.0170. The van der Waals surface area contributed by atoms with Crippen LogP contribution < -0.4 is 0 Å². The molecule has 2 heterocycles. The van der Waals surface area contributed by atoms with Gasteiger partial charge in [-0.1, -0.05) is 0 Å². The molecule has 2 aliphatic rings. The number of carbonyl (C=O) groups excluding carboxylic acids is 1. The number of aliphatic hydroxyl groups excluding tert-OH is 1. The molecule has 0 aromatic heterocycles. The molecule has 0 aromatic carbocycles. The third kappa shape index (κ3) is 1.27. The van der Waals surface area contributed by atoms with E-state index >= 15 is 0 Å². The highest BCUT2D eigenvalue weighted by molar-refractivity contribution is 5.75. The lowest BCUT2D eigenvalue weighted by Gasteiger charge is -2.38. The summed E-state index contributed by atoms with van der Waals surface area (Å²) < 4.78 is 0. The van der Waals surface area contributed by atoms with Crippen LogP contribution in [-0.4, -0.2) is 53.2 Å². The summed E-state index contributed by atoms with van der Waals surface area (Å²) in [5.41, 5.74) is 0. The second-order valence-corrected chi connectivity index (χ2v) is 3.54. The SMILES string of the molecule is O=C(N1CCCC1)N1CC(O)C1. The molecule has 0 radical (unpaired) electrons. The van der Waals surface area contributed by atoms with Crippen LogP contribution in [0.1, 0.15) is 12.8 Å². The van der Waals surface area contributed by atoms with Crippen LogP contribution in [0.25, 0.3) is 0 Å². The first-order chi connectivity index (χ1) is 5.77. The maximum absolute atomic E-state index is 11.5. The zero-order chi connectivity index (χ0) is 8.55. The van der Waals surface area contributed by atoms with Crippen molar-refractivity contribution < 1.29 is 9.90 Å². The second-order valence-electron chi connectivity index (χ2n) is 3.54. The van der Waals surface area contributed by atoms with Gasteiger partial charge in [-0.15, -0.1) is 0 Å². The summed E-state index contributed by atoms with van der Waals surface area (Å²) in [6, 6.07) is 0.109. The summed E-state index contributed by atoms with van der Waals surface area (Å²) in [5.74, 6) is 0. The molecule has 0 saturated carbocycles. The summed E-state index contributed by atoms with van der Waals surface area (Å²) in [4.78, 5) is 15.1. The molecule has 68 valence electrons. The van der Waals surface area contributed by atoms with Crippen molar-refractivity contribution in [3.05, 3.63) is 0 Å². The molecular formula is C8H14N2O2. The van der Waals surface area contributed by atoms with Gasteiger partial charge in [0.15, 0.2) is 0 Å². The second kappa shape index (κ2) is 2.94. The predicted molar refractivity (Wildman–Crippen MR) is 43.8 cm³/mol.